The second-order valence-corrected chi connectivity index (χ2v) is 5.66. The van der Waals surface area contributed by atoms with Crippen molar-refractivity contribution in [3.8, 4) is 0 Å². The third kappa shape index (κ3) is 7.42. The molecule has 0 aliphatic carbocycles. The summed E-state index contributed by atoms with van der Waals surface area (Å²) in [7, 11) is 1.81. The number of nitrogens with zero attached hydrogens (tertiary/aromatic N) is 2. The van der Waals surface area contributed by atoms with Crippen molar-refractivity contribution in [2.24, 2.45) is 4.99 Å². The zero-order valence-electron chi connectivity index (χ0n) is 14.7. The van der Waals surface area contributed by atoms with Gasteiger partial charge in [-0.25, -0.2) is 0 Å². The van der Waals surface area contributed by atoms with Crippen LogP contribution in [0.1, 0.15) is 33.6 Å². The maximum Gasteiger partial charge on any atom is 0.191 e. The molecule has 0 amide bonds. The van der Waals surface area contributed by atoms with Gasteiger partial charge in [-0.15, -0.1) is 0 Å². The first-order chi connectivity index (χ1) is 10.7. The van der Waals surface area contributed by atoms with E-state index in [2.05, 4.69) is 41.3 Å². The van der Waals surface area contributed by atoms with Gasteiger partial charge in [0.1, 0.15) is 0 Å². The predicted octanol–water partition coefficient (Wildman–Crippen LogP) is 1.08. The fourth-order valence-corrected chi connectivity index (χ4v) is 2.61. The molecule has 1 aliphatic rings. The van der Waals surface area contributed by atoms with Crippen molar-refractivity contribution < 1.29 is 9.47 Å². The van der Waals surface area contributed by atoms with Crippen LogP contribution < -0.4 is 10.6 Å². The second kappa shape index (κ2) is 11.7. The molecule has 0 aromatic rings. The summed E-state index contributed by atoms with van der Waals surface area (Å²) in [5, 5.41) is 6.72. The van der Waals surface area contributed by atoms with Crippen molar-refractivity contribution >= 4 is 5.96 Å². The van der Waals surface area contributed by atoms with Crippen LogP contribution in [0.2, 0.25) is 0 Å². The standard InChI is InChI=1S/C16H34N4O2/c1-5-20(6-2)14(3)12-19-16(17-4)18-9-7-10-22-15-8-11-21-13-15/h14-15H,5-13H2,1-4H3,(H2,17,18,19). The molecule has 1 rings (SSSR count). The molecule has 1 aliphatic heterocycles. The SMILES string of the molecule is CCN(CC)C(C)CNC(=NC)NCCCOC1CCOC1. The maximum absolute atomic E-state index is 5.75. The topological polar surface area (TPSA) is 58.1 Å². The molecule has 1 heterocycles. The van der Waals surface area contributed by atoms with Crippen molar-refractivity contribution in [2.45, 2.75) is 45.8 Å². The molecule has 0 saturated carbocycles. The lowest BCUT2D eigenvalue weighted by molar-refractivity contribution is 0.0420. The normalized spacial score (nSPS) is 20.4. The van der Waals surface area contributed by atoms with E-state index in [1.165, 1.54) is 0 Å². The van der Waals surface area contributed by atoms with E-state index >= 15 is 0 Å². The van der Waals surface area contributed by atoms with Crippen LogP contribution in [0.25, 0.3) is 0 Å². The Morgan fingerprint density at radius 1 is 1.36 bits per heavy atom. The molecule has 6 heteroatoms. The number of nitrogens with one attached hydrogen (secondary N) is 2. The van der Waals surface area contributed by atoms with Crippen LogP contribution in [-0.2, 0) is 9.47 Å². The van der Waals surface area contributed by atoms with Crippen LogP contribution in [0.15, 0.2) is 4.99 Å². The van der Waals surface area contributed by atoms with Gasteiger partial charge in [-0.3, -0.25) is 9.89 Å². The Morgan fingerprint density at radius 3 is 2.73 bits per heavy atom. The summed E-state index contributed by atoms with van der Waals surface area (Å²) in [6, 6.07) is 0.499. The molecule has 1 saturated heterocycles. The predicted molar refractivity (Wildman–Crippen MR) is 91.5 cm³/mol. The molecule has 22 heavy (non-hydrogen) atoms. The van der Waals surface area contributed by atoms with E-state index in [9.17, 15) is 0 Å². The summed E-state index contributed by atoms with van der Waals surface area (Å²) < 4.78 is 11.0. The van der Waals surface area contributed by atoms with Gasteiger partial charge in [-0.05, 0) is 32.9 Å². The molecule has 130 valence electrons. The van der Waals surface area contributed by atoms with Crippen molar-refractivity contribution in [3.05, 3.63) is 0 Å². The Hall–Kier alpha value is -0.850. The lowest BCUT2D eigenvalue weighted by atomic mass is 10.3. The van der Waals surface area contributed by atoms with Crippen LogP contribution in [-0.4, -0.2) is 76.1 Å². The van der Waals surface area contributed by atoms with Gasteiger partial charge in [0, 0.05) is 39.4 Å². The number of rotatable bonds is 10. The van der Waals surface area contributed by atoms with E-state index in [-0.39, 0.29) is 0 Å². The highest BCUT2D eigenvalue weighted by molar-refractivity contribution is 5.79. The lowest BCUT2D eigenvalue weighted by Gasteiger charge is -2.27. The minimum Gasteiger partial charge on any atom is -0.379 e. The third-order valence-corrected chi connectivity index (χ3v) is 4.08. The third-order valence-electron chi connectivity index (χ3n) is 4.08. The summed E-state index contributed by atoms with van der Waals surface area (Å²) in [5.41, 5.74) is 0. The molecule has 0 radical (unpaired) electrons. The largest absolute Gasteiger partial charge is 0.379 e. The highest BCUT2D eigenvalue weighted by Gasteiger charge is 2.15. The van der Waals surface area contributed by atoms with Crippen LogP contribution in [0, 0.1) is 0 Å². The van der Waals surface area contributed by atoms with Crippen LogP contribution in [0.4, 0.5) is 0 Å². The molecule has 0 spiro atoms. The molecule has 0 aromatic carbocycles. The molecule has 0 aromatic heterocycles. The molecule has 2 unspecified atom stereocenters. The van der Waals surface area contributed by atoms with E-state index in [0.29, 0.717) is 12.1 Å². The zero-order chi connectivity index (χ0) is 16.2. The summed E-state index contributed by atoms with van der Waals surface area (Å²) in [6.07, 6.45) is 2.30. The van der Waals surface area contributed by atoms with E-state index in [1.807, 2.05) is 7.05 Å². The van der Waals surface area contributed by atoms with Gasteiger partial charge in [-0.1, -0.05) is 13.8 Å². The maximum atomic E-state index is 5.75. The molecule has 6 nitrogen and oxygen atoms in total. The quantitative estimate of drug-likeness (QED) is 0.359. The Morgan fingerprint density at radius 2 is 2.14 bits per heavy atom. The average molecular weight is 314 g/mol. The van der Waals surface area contributed by atoms with Crippen molar-refractivity contribution in [1.29, 1.82) is 0 Å². The Labute approximate surface area is 135 Å². The Balaban J connectivity index is 2.08. The molecule has 2 atom stereocenters. The van der Waals surface area contributed by atoms with Crippen molar-refractivity contribution in [3.63, 3.8) is 0 Å². The highest BCUT2D eigenvalue weighted by Crippen LogP contribution is 2.07. The summed E-state index contributed by atoms with van der Waals surface area (Å²) in [4.78, 5) is 6.69. The number of aliphatic imine (C=N–C) groups is 1. The lowest BCUT2D eigenvalue weighted by Crippen LogP contribution is -2.46. The minimum absolute atomic E-state index is 0.298. The van der Waals surface area contributed by atoms with E-state index in [4.69, 9.17) is 9.47 Å². The Bertz CT molecular complexity index is 303. The van der Waals surface area contributed by atoms with Crippen LogP contribution >= 0.6 is 0 Å². The number of hydrogen-bond acceptors (Lipinski definition) is 4. The summed E-state index contributed by atoms with van der Waals surface area (Å²) in [6.45, 7) is 12.9. The highest BCUT2D eigenvalue weighted by atomic mass is 16.5. The number of hydrogen-bond donors (Lipinski definition) is 2. The van der Waals surface area contributed by atoms with Crippen LogP contribution in [0.5, 0.6) is 0 Å². The molecular formula is C16H34N4O2. The summed E-state index contributed by atoms with van der Waals surface area (Å²) >= 11 is 0. The molecule has 1 fully saturated rings. The minimum atomic E-state index is 0.298. The van der Waals surface area contributed by atoms with Gasteiger partial charge in [0.2, 0.25) is 0 Å². The fraction of sp³-hybridized carbons (Fsp3) is 0.938. The van der Waals surface area contributed by atoms with Crippen LogP contribution in [0.3, 0.4) is 0 Å². The first-order valence-electron chi connectivity index (χ1n) is 8.59. The number of guanidine groups is 1. The number of ether oxygens (including phenoxy) is 2. The van der Waals surface area contributed by atoms with Gasteiger partial charge in [0.25, 0.3) is 0 Å². The number of likely N-dealkylation sites (N-methyl/N-ethyl adjacent to an activating group) is 1. The zero-order valence-corrected chi connectivity index (χ0v) is 14.7. The molecule has 2 N–H and O–H groups in total. The van der Waals surface area contributed by atoms with Gasteiger partial charge in [0.05, 0.1) is 12.7 Å². The van der Waals surface area contributed by atoms with Gasteiger partial charge in [-0.2, -0.15) is 0 Å². The van der Waals surface area contributed by atoms with E-state index in [0.717, 1.165) is 64.8 Å². The first kappa shape index (κ1) is 19.2. The van der Waals surface area contributed by atoms with E-state index < -0.39 is 0 Å². The fourth-order valence-electron chi connectivity index (χ4n) is 2.61. The molecular weight excluding hydrogens is 280 g/mol. The van der Waals surface area contributed by atoms with Crippen molar-refractivity contribution in [1.82, 2.24) is 15.5 Å². The second-order valence-electron chi connectivity index (χ2n) is 5.66. The summed E-state index contributed by atoms with van der Waals surface area (Å²) in [5.74, 6) is 0.864. The van der Waals surface area contributed by atoms with Gasteiger partial charge in [0.15, 0.2) is 5.96 Å². The smallest absolute Gasteiger partial charge is 0.191 e. The monoisotopic (exact) mass is 314 g/mol. The average Bonchev–Trinajstić information content (AvgIpc) is 3.04. The van der Waals surface area contributed by atoms with Gasteiger partial charge < -0.3 is 20.1 Å². The molecule has 0 bridgehead atoms. The Kier molecular flexibility index (Phi) is 10.2. The van der Waals surface area contributed by atoms with E-state index in [1.54, 1.807) is 0 Å². The van der Waals surface area contributed by atoms with Gasteiger partial charge >= 0.3 is 0 Å². The van der Waals surface area contributed by atoms with Crippen molar-refractivity contribution in [2.75, 3.05) is 53.0 Å². The first-order valence-corrected chi connectivity index (χ1v) is 8.59.